The molecule has 0 fully saturated rings. The van der Waals surface area contributed by atoms with Crippen LogP contribution in [0.3, 0.4) is 0 Å². The van der Waals surface area contributed by atoms with Crippen LogP contribution in [-0.2, 0) is 6.61 Å². The maximum atomic E-state index is 9.33. The Hall–Kier alpha value is -1.68. The van der Waals surface area contributed by atoms with Crippen molar-refractivity contribution in [1.29, 1.82) is 0 Å². The highest BCUT2D eigenvalue weighted by Crippen LogP contribution is 2.23. The third-order valence-corrected chi connectivity index (χ3v) is 2.34. The van der Waals surface area contributed by atoms with Gasteiger partial charge in [-0.05, 0) is 25.9 Å². The minimum atomic E-state index is -2.14. The number of aliphatic hydroxyl groups is 1. The van der Waals surface area contributed by atoms with Crippen LogP contribution in [0, 0.1) is 0 Å². The highest BCUT2D eigenvalue weighted by Gasteiger charge is 2.12. The second kappa shape index (κ2) is 4.45. The van der Waals surface area contributed by atoms with Gasteiger partial charge in [0.15, 0.2) is 0 Å². The molecular weight excluding hydrogens is 202 g/mol. The molecule has 1 unspecified atom stereocenters. The van der Waals surface area contributed by atoms with Gasteiger partial charge in [0.05, 0.1) is 18.0 Å². The zero-order chi connectivity index (χ0) is 14.0. The number of pyridine rings is 1. The van der Waals surface area contributed by atoms with E-state index in [2.05, 4.69) is 10.1 Å². The molecule has 4 nitrogen and oxygen atoms in total. The molecule has 1 atom stereocenters. The van der Waals surface area contributed by atoms with Crippen molar-refractivity contribution in [3.8, 4) is 11.4 Å². The van der Waals surface area contributed by atoms with Crippen LogP contribution in [-0.4, -0.2) is 19.9 Å². The van der Waals surface area contributed by atoms with Crippen molar-refractivity contribution in [2.24, 2.45) is 0 Å². The molecule has 1 N–H and O–H groups in total. The summed E-state index contributed by atoms with van der Waals surface area (Å²) in [5.41, 5.74) is 1.79. The Morgan fingerprint density at radius 2 is 2.38 bits per heavy atom. The molecule has 0 spiro atoms. The second-order valence-electron chi connectivity index (χ2n) is 3.51. The van der Waals surface area contributed by atoms with E-state index in [1.807, 2.05) is 0 Å². The van der Waals surface area contributed by atoms with Crippen LogP contribution < -0.4 is 0 Å². The molecule has 2 heterocycles. The van der Waals surface area contributed by atoms with Gasteiger partial charge in [-0.3, -0.25) is 9.67 Å². The third kappa shape index (κ3) is 1.84. The molecule has 2 aromatic rings. The quantitative estimate of drug-likeness (QED) is 0.861. The predicted octanol–water partition coefficient (Wildman–Crippen LogP) is 2.02. The molecule has 0 saturated carbocycles. The Balaban J connectivity index is 2.50. The van der Waals surface area contributed by atoms with Gasteiger partial charge in [-0.25, -0.2) is 0 Å². The molecule has 2 aromatic heterocycles. The van der Waals surface area contributed by atoms with Crippen LogP contribution in [0.5, 0.6) is 0 Å². The standard InChI is InChI=1S/C12H15N3O/c1-9(2)15-11(5-7-14-15)12-10(8-16)4-3-6-13-12/h3-7,9,16H,8H2,1-2H3/i1D3. The van der Waals surface area contributed by atoms with Gasteiger partial charge < -0.3 is 5.11 Å². The fraction of sp³-hybridized carbons (Fsp3) is 0.333. The molecule has 0 bridgehead atoms. The van der Waals surface area contributed by atoms with Crippen LogP contribution in [0.2, 0.25) is 0 Å². The van der Waals surface area contributed by atoms with Crippen molar-refractivity contribution < 1.29 is 9.22 Å². The summed E-state index contributed by atoms with van der Waals surface area (Å²) in [5.74, 6) is 0. The number of hydrogen-bond donors (Lipinski definition) is 1. The molecule has 0 aliphatic carbocycles. The van der Waals surface area contributed by atoms with E-state index < -0.39 is 12.9 Å². The summed E-state index contributed by atoms with van der Waals surface area (Å²) >= 11 is 0. The average Bonchev–Trinajstić information content (AvgIpc) is 2.85. The van der Waals surface area contributed by atoms with Gasteiger partial charge >= 0.3 is 0 Å². The van der Waals surface area contributed by atoms with E-state index in [0.717, 1.165) is 0 Å². The first-order valence-electron chi connectivity index (χ1n) is 6.53. The number of aromatic nitrogens is 3. The minimum absolute atomic E-state index is 0.156. The average molecular weight is 220 g/mol. The van der Waals surface area contributed by atoms with Gasteiger partial charge in [0, 0.05) is 28.1 Å². The fourth-order valence-electron chi connectivity index (χ4n) is 1.61. The maximum Gasteiger partial charge on any atom is 0.0938 e. The van der Waals surface area contributed by atoms with E-state index in [9.17, 15) is 5.11 Å². The van der Waals surface area contributed by atoms with E-state index in [1.54, 1.807) is 31.3 Å². The molecule has 0 amide bonds. The molecule has 0 radical (unpaired) electrons. The molecule has 2 rings (SSSR count). The number of hydrogen-bond acceptors (Lipinski definition) is 3. The first-order chi connectivity index (χ1) is 8.95. The van der Waals surface area contributed by atoms with Crippen molar-refractivity contribution in [2.75, 3.05) is 0 Å². The maximum absolute atomic E-state index is 9.33. The van der Waals surface area contributed by atoms with Gasteiger partial charge in [0.2, 0.25) is 0 Å². The smallest absolute Gasteiger partial charge is 0.0938 e. The molecule has 0 aromatic carbocycles. The molecule has 0 saturated heterocycles. The normalized spacial score (nSPS) is 16.2. The largest absolute Gasteiger partial charge is 0.392 e. The van der Waals surface area contributed by atoms with Crippen molar-refractivity contribution in [1.82, 2.24) is 14.8 Å². The van der Waals surface area contributed by atoms with Gasteiger partial charge in [0.25, 0.3) is 0 Å². The highest BCUT2D eigenvalue weighted by atomic mass is 16.3. The Morgan fingerprint density at radius 3 is 3.12 bits per heavy atom. The molecule has 0 aliphatic heterocycles. The summed E-state index contributed by atoms with van der Waals surface area (Å²) in [6.45, 7) is -0.712. The number of rotatable bonds is 3. The lowest BCUT2D eigenvalue weighted by atomic mass is 10.1. The van der Waals surface area contributed by atoms with Gasteiger partial charge in [-0.1, -0.05) is 6.07 Å². The zero-order valence-corrected chi connectivity index (χ0v) is 8.96. The minimum Gasteiger partial charge on any atom is -0.392 e. The summed E-state index contributed by atoms with van der Waals surface area (Å²) in [7, 11) is 0. The predicted molar refractivity (Wildman–Crippen MR) is 61.8 cm³/mol. The summed E-state index contributed by atoms with van der Waals surface area (Å²) in [6.07, 6.45) is 3.14. The lowest BCUT2D eigenvalue weighted by molar-refractivity contribution is 0.282. The van der Waals surface area contributed by atoms with Crippen LogP contribution >= 0.6 is 0 Å². The van der Waals surface area contributed by atoms with E-state index >= 15 is 0 Å². The lowest BCUT2D eigenvalue weighted by Gasteiger charge is -2.12. The lowest BCUT2D eigenvalue weighted by Crippen LogP contribution is -2.06. The third-order valence-electron chi connectivity index (χ3n) is 2.34. The SMILES string of the molecule is [2H]C([2H])([2H])C(C)n1nccc1-c1ncccc1CO. The van der Waals surface area contributed by atoms with Crippen molar-refractivity contribution in [3.05, 3.63) is 36.2 Å². The summed E-state index contributed by atoms with van der Waals surface area (Å²) in [6, 6.07) is 4.41. The Kier molecular flexibility index (Phi) is 2.10. The molecular formula is C12H15N3O. The van der Waals surface area contributed by atoms with Crippen molar-refractivity contribution >= 4 is 0 Å². The monoisotopic (exact) mass is 220 g/mol. The number of nitrogens with zero attached hydrogens (tertiary/aromatic N) is 3. The van der Waals surface area contributed by atoms with Crippen LogP contribution in [0.4, 0.5) is 0 Å². The highest BCUT2D eigenvalue weighted by molar-refractivity contribution is 5.58. The fourth-order valence-corrected chi connectivity index (χ4v) is 1.61. The Bertz CT molecular complexity index is 565. The first-order valence-corrected chi connectivity index (χ1v) is 5.03. The van der Waals surface area contributed by atoms with Crippen LogP contribution in [0.1, 0.15) is 29.5 Å². The topological polar surface area (TPSA) is 50.9 Å². The van der Waals surface area contributed by atoms with E-state index in [-0.39, 0.29) is 6.61 Å². The van der Waals surface area contributed by atoms with Gasteiger partial charge in [0.1, 0.15) is 0 Å². The zero-order valence-electron chi connectivity index (χ0n) is 12.0. The van der Waals surface area contributed by atoms with Crippen molar-refractivity contribution in [3.63, 3.8) is 0 Å². The second-order valence-corrected chi connectivity index (χ2v) is 3.51. The molecule has 84 valence electrons. The summed E-state index contributed by atoms with van der Waals surface area (Å²) in [5, 5.41) is 13.4. The molecule has 0 aliphatic rings. The van der Waals surface area contributed by atoms with Crippen molar-refractivity contribution in [2.45, 2.75) is 26.4 Å². The van der Waals surface area contributed by atoms with Gasteiger partial charge in [-0.2, -0.15) is 5.10 Å². The summed E-state index contributed by atoms with van der Waals surface area (Å²) in [4.78, 5) is 4.21. The van der Waals surface area contributed by atoms with E-state index in [1.165, 1.54) is 10.9 Å². The first kappa shape index (κ1) is 7.57. The molecule has 4 heteroatoms. The van der Waals surface area contributed by atoms with E-state index in [4.69, 9.17) is 4.11 Å². The Labute approximate surface area is 98.8 Å². The van der Waals surface area contributed by atoms with Crippen LogP contribution in [0.15, 0.2) is 30.6 Å². The van der Waals surface area contributed by atoms with Gasteiger partial charge in [-0.15, -0.1) is 0 Å². The summed E-state index contributed by atoms with van der Waals surface area (Å²) < 4.78 is 23.8. The molecule has 16 heavy (non-hydrogen) atoms. The Morgan fingerprint density at radius 1 is 1.50 bits per heavy atom. The van der Waals surface area contributed by atoms with Crippen LogP contribution in [0.25, 0.3) is 11.4 Å². The number of aliphatic hydroxyl groups excluding tert-OH is 1. The van der Waals surface area contributed by atoms with E-state index in [0.29, 0.717) is 17.0 Å².